The summed E-state index contributed by atoms with van der Waals surface area (Å²) in [6.45, 7) is 1.21. The summed E-state index contributed by atoms with van der Waals surface area (Å²) in [5.74, 6) is -1.54. The molecule has 1 aromatic carbocycles. The summed E-state index contributed by atoms with van der Waals surface area (Å²) < 4.78 is 37.4. The van der Waals surface area contributed by atoms with Crippen LogP contribution in [0.1, 0.15) is 12.5 Å². The van der Waals surface area contributed by atoms with E-state index in [9.17, 15) is 22.9 Å². The van der Waals surface area contributed by atoms with Crippen molar-refractivity contribution in [3.05, 3.63) is 39.7 Å². The Kier molecular flexibility index (Phi) is 4.14. The first-order chi connectivity index (χ1) is 10.5. The fourth-order valence-electron chi connectivity index (χ4n) is 2.40. The summed E-state index contributed by atoms with van der Waals surface area (Å²) >= 11 is 0. The molecule has 0 aromatic heterocycles. The summed E-state index contributed by atoms with van der Waals surface area (Å²) in [5.41, 5.74) is 3.56. The zero-order chi connectivity index (χ0) is 17.5. The van der Waals surface area contributed by atoms with Crippen molar-refractivity contribution in [1.29, 1.82) is 5.26 Å². The lowest BCUT2D eigenvalue weighted by Gasteiger charge is -2.38. The maximum atomic E-state index is 14.0. The number of nitrogens with zero attached hydrogens (tertiary/aromatic N) is 2. The normalized spacial score (nSPS) is 19.2. The highest BCUT2D eigenvalue weighted by atomic mass is 32.2. The molecule has 1 saturated heterocycles. The number of nitro benzene ring substituents is 1. The lowest BCUT2D eigenvalue weighted by molar-refractivity contribution is -0.385. The molecule has 3 N–H and O–H groups in total. The molecule has 10 heteroatoms. The van der Waals surface area contributed by atoms with Crippen LogP contribution in [-0.4, -0.2) is 36.9 Å². The van der Waals surface area contributed by atoms with Gasteiger partial charge in [-0.15, -0.1) is 0 Å². The number of nitro groups is 1. The van der Waals surface area contributed by atoms with Crippen LogP contribution in [0.25, 0.3) is 0 Å². The Labute approximate surface area is 132 Å². The first-order valence-corrected chi connectivity index (χ1v) is 8.27. The van der Waals surface area contributed by atoms with Gasteiger partial charge in [-0.25, -0.2) is 12.8 Å². The van der Waals surface area contributed by atoms with Crippen molar-refractivity contribution in [1.82, 2.24) is 5.32 Å². The summed E-state index contributed by atoms with van der Waals surface area (Å²) in [6, 6.07) is 4.52. The first kappa shape index (κ1) is 17.3. The Morgan fingerprint density at radius 2 is 2.17 bits per heavy atom. The molecule has 0 saturated carbocycles. The zero-order valence-corrected chi connectivity index (χ0v) is 13.1. The molecular formula is C13H15FN4O4S. The van der Waals surface area contributed by atoms with Crippen LogP contribution in [0, 0.1) is 27.3 Å². The van der Waals surface area contributed by atoms with Crippen LogP contribution < -0.4 is 11.1 Å². The minimum atomic E-state index is -3.98. The Hall–Kier alpha value is -2.09. The van der Waals surface area contributed by atoms with Crippen LogP contribution in [0.15, 0.2) is 18.2 Å². The van der Waals surface area contributed by atoms with Gasteiger partial charge in [-0.3, -0.25) is 10.1 Å². The number of hydrogen-bond donors (Lipinski definition) is 2. The third-order valence-corrected chi connectivity index (χ3v) is 6.44. The summed E-state index contributed by atoms with van der Waals surface area (Å²) in [5, 5.41) is 22.7. The van der Waals surface area contributed by atoms with Crippen LogP contribution in [0.3, 0.4) is 0 Å². The molecule has 1 fully saturated rings. The van der Waals surface area contributed by atoms with E-state index in [1.807, 2.05) is 0 Å². The van der Waals surface area contributed by atoms with E-state index in [0.717, 1.165) is 18.2 Å². The average molecular weight is 342 g/mol. The maximum absolute atomic E-state index is 14.0. The van der Waals surface area contributed by atoms with Gasteiger partial charge in [-0.2, -0.15) is 5.26 Å². The quantitative estimate of drug-likeness (QED) is 0.575. The highest BCUT2D eigenvalue weighted by Gasteiger charge is 2.52. The Morgan fingerprint density at radius 1 is 1.57 bits per heavy atom. The molecule has 2 rings (SSSR count). The van der Waals surface area contributed by atoms with Crippen LogP contribution in [0.2, 0.25) is 0 Å². The molecule has 0 amide bonds. The minimum Gasteiger partial charge on any atom is -0.321 e. The molecule has 1 aliphatic heterocycles. The summed E-state index contributed by atoms with van der Waals surface area (Å²) in [6.07, 6.45) is 0. The number of sulfone groups is 1. The van der Waals surface area contributed by atoms with E-state index in [1.165, 1.54) is 6.92 Å². The molecule has 0 aliphatic carbocycles. The Balaban J connectivity index is 2.42. The van der Waals surface area contributed by atoms with Crippen molar-refractivity contribution >= 4 is 15.5 Å². The molecule has 124 valence electrons. The third kappa shape index (κ3) is 2.90. The molecule has 23 heavy (non-hydrogen) atoms. The van der Waals surface area contributed by atoms with E-state index in [-0.39, 0.29) is 18.7 Å². The van der Waals surface area contributed by atoms with E-state index < -0.39 is 42.3 Å². The van der Waals surface area contributed by atoms with E-state index in [4.69, 9.17) is 11.0 Å². The van der Waals surface area contributed by atoms with Crippen molar-refractivity contribution < 1.29 is 17.7 Å². The van der Waals surface area contributed by atoms with E-state index >= 15 is 0 Å². The summed E-state index contributed by atoms with van der Waals surface area (Å²) in [4.78, 5) is 10.1. The van der Waals surface area contributed by atoms with Crippen LogP contribution in [0.4, 0.5) is 10.1 Å². The smallest absolute Gasteiger partial charge is 0.269 e. The number of non-ortho nitro benzene ring substituents is 1. The lowest BCUT2D eigenvalue weighted by Crippen LogP contribution is -2.65. The topological polar surface area (TPSA) is 139 Å². The number of nitriles is 1. The monoisotopic (exact) mass is 342 g/mol. The van der Waals surface area contributed by atoms with Crippen molar-refractivity contribution in [2.75, 3.05) is 18.8 Å². The third-order valence-electron chi connectivity index (χ3n) is 3.89. The fraction of sp³-hybridized carbons (Fsp3) is 0.462. The number of halogens is 1. The molecule has 1 heterocycles. The molecular weight excluding hydrogens is 327 g/mol. The Bertz CT molecular complexity index is 797. The van der Waals surface area contributed by atoms with Crippen molar-refractivity contribution in [3.63, 3.8) is 0 Å². The zero-order valence-electron chi connectivity index (χ0n) is 12.2. The van der Waals surface area contributed by atoms with Gasteiger partial charge in [-0.05, 0) is 13.0 Å². The highest BCUT2D eigenvalue weighted by molar-refractivity contribution is 7.93. The van der Waals surface area contributed by atoms with E-state index in [0.29, 0.717) is 0 Å². The van der Waals surface area contributed by atoms with Crippen LogP contribution in [-0.2, 0) is 15.4 Å². The second-order valence-corrected chi connectivity index (χ2v) is 8.11. The van der Waals surface area contributed by atoms with Gasteiger partial charge in [0.1, 0.15) is 5.82 Å². The van der Waals surface area contributed by atoms with Crippen LogP contribution >= 0.6 is 0 Å². The molecule has 1 aliphatic rings. The predicted octanol–water partition coefficient (Wildman–Crippen LogP) is 0.188. The number of hydrogen-bond acceptors (Lipinski definition) is 7. The predicted molar refractivity (Wildman–Crippen MR) is 79.6 cm³/mol. The lowest BCUT2D eigenvalue weighted by atomic mass is 9.94. The highest BCUT2D eigenvalue weighted by Crippen LogP contribution is 2.31. The van der Waals surface area contributed by atoms with Crippen molar-refractivity contribution in [2.24, 2.45) is 5.73 Å². The number of benzene rings is 1. The van der Waals surface area contributed by atoms with E-state index in [1.54, 1.807) is 6.07 Å². The SMILES string of the molecule is CC(N)(CS(=O)(=O)C1(C#N)CNC1)c1cc([N+](=O)[O-])ccc1F. The summed E-state index contributed by atoms with van der Waals surface area (Å²) in [7, 11) is -3.98. The van der Waals surface area contributed by atoms with Gasteiger partial charge in [0.05, 0.1) is 22.3 Å². The van der Waals surface area contributed by atoms with Crippen molar-refractivity contribution in [3.8, 4) is 6.07 Å². The first-order valence-electron chi connectivity index (χ1n) is 6.62. The molecule has 0 radical (unpaired) electrons. The molecule has 1 aromatic rings. The minimum absolute atomic E-state index is 0.0284. The second kappa shape index (κ2) is 5.52. The van der Waals surface area contributed by atoms with Gasteiger partial charge < -0.3 is 11.1 Å². The number of nitrogens with one attached hydrogen (secondary N) is 1. The second-order valence-electron chi connectivity index (χ2n) is 5.81. The molecule has 1 unspecified atom stereocenters. The largest absolute Gasteiger partial charge is 0.321 e. The molecule has 0 bridgehead atoms. The average Bonchev–Trinajstić information content (AvgIpc) is 2.36. The maximum Gasteiger partial charge on any atom is 0.269 e. The van der Waals surface area contributed by atoms with Crippen molar-refractivity contribution in [2.45, 2.75) is 17.2 Å². The number of rotatable bonds is 5. The van der Waals surface area contributed by atoms with Gasteiger partial charge in [0.2, 0.25) is 0 Å². The standard InChI is InChI=1S/C13H15FN4O4S/c1-12(16,8-23(21,22)13(5-15)6-17-7-13)10-4-9(18(19)20)2-3-11(10)14/h2-4,17H,6-8,16H2,1H3. The molecule has 1 atom stereocenters. The van der Waals surface area contributed by atoms with Gasteiger partial charge in [0.25, 0.3) is 5.69 Å². The van der Waals surface area contributed by atoms with Crippen LogP contribution in [0.5, 0.6) is 0 Å². The van der Waals surface area contributed by atoms with Gasteiger partial charge >= 0.3 is 0 Å². The molecule has 0 spiro atoms. The van der Waals surface area contributed by atoms with E-state index in [2.05, 4.69) is 5.32 Å². The van der Waals surface area contributed by atoms with Gasteiger partial charge in [0, 0.05) is 30.8 Å². The van der Waals surface area contributed by atoms with Gasteiger partial charge in [0.15, 0.2) is 14.6 Å². The number of nitrogens with two attached hydrogens (primary N) is 1. The Morgan fingerprint density at radius 3 is 2.61 bits per heavy atom. The fourth-order valence-corrected chi connectivity index (χ4v) is 4.40. The molecule has 8 nitrogen and oxygen atoms in total. The van der Waals surface area contributed by atoms with Gasteiger partial charge in [-0.1, -0.05) is 0 Å².